The second-order valence-electron chi connectivity index (χ2n) is 4.84. The number of nitrogens with two attached hydrogens (primary N) is 1. The Kier molecular flexibility index (Phi) is 5.83. The van der Waals surface area contributed by atoms with Gasteiger partial charge >= 0.3 is 0 Å². The molecule has 106 valence electrons. The van der Waals surface area contributed by atoms with Crippen molar-refractivity contribution in [2.75, 3.05) is 13.2 Å². The molecule has 0 radical (unpaired) electrons. The Morgan fingerprint density at radius 1 is 1.37 bits per heavy atom. The fourth-order valence-electron chi connectivity index (χ4n) is 1.95. The average Bonchev–Trinajstić information content (AvgIpc) is 2.43. The smallest absolute Gasteiger partial charge is 0.258 e. The second kappa shape index (κ2) is 7.14. The van der Waals surface area contributed by atoms with Crippen LogP contribution in [0.5, 0.6) is 5.75 Å². The van der Waals surface area contributed by atoms with Gasteiger partial charge in [-0.2, -0.15) is 0 Å². The first-order chi connectivity index (χ1) is 9.05. The highest BCUT2D eigenvalue weighted by Crippen LogP contribution is 2.14. The topological polar surface area (TPSA) is 64.3 Å². The second-order valence-corrected chi connectivity index (χ2v) is 4.84. The van der Waals surface area contributed by atoms with Crippen molar-refractivity contribution in [3.63, 3.8) is 0 Å². The summed E-state index contributed by atoms with van der Waals surface area (Å²) in [6.45, 7) is 6.50. The summed E-state index contributed by atoms with van der Waals surface area (Å²) in [6, 6.07) is 7.64. The monoisotopic (exact) mass is 264 g/mol. The van der Waals surface area contributed by atoms with E-state index in [1.807, 2.05) is 45.0 Å². The molecule has 0 aliphatic rings. The van der Waals surface area contributed by atoms with Crippen molar-refractivity contribution < 1.29 is 9.53 Å². The van der Waals surface area contributed by atoms with Gasteiger partial charge < -0.3 is 15.8 Å². The van der Waals surface area contributed by atoms with Gasteiger partial charge in [0.2, 0.25) is 0 Å². The van der Waals surface area contributed by atoms with E-state index in [4.69, 9.17) is 10.5 Å². The molecule has 0 fully saturated rings. The summed E-state index contributed by atoms with van der Waals surface area (Å²) in [5.41, 5.74) is 6.54. The maximum absolute atomic E-state index is 11.9. The molecule has 0 aromatic heterocycles. The van der Waals surface area contributed by atoms with Crippen LogP contribution in [-0.4, -0.2) is 24.6 Å². The zero-order chi connectivity index (χ0) is 14.3. The lowest BCUT2D eigenvalue weighted by Gasteiger charge is -2.31. The van der Waals surface area contributed by atoms with E-state index in [9.17, 15) is 4.79 Å². The Labute approximate surface area is 115 Å². The number of rotatable bonds is 7. The normalized spacial score (nSPS) is 11.2. The molecule has 0 saturated heterocycles. The van der Waals surface area contributed by atoms with Crippen LogP contribution in [0.4, 0.5) is 0 Å². The zero-order valence-electron chi connectivity index (χ0n) is 12.0. The third-order valence-corrected chi connectivity index (χ3v) is 3.51. The van der Waals surface area contributed by atoms with Gasteiger partial charge in [0.05, 0.1) is 5.54 Å². The fourth-order valence-corrected chi connectivity index (χ4v) is 1.95. The van der Waals surface area contributed by atoms with E-state index in [1.54, 1.807) is 0 Å². The molecule has 0 saturated carbocycles. The minimum absolute atomic E-state index is 0.0191. The van der Waals surface area contributed by atoms with Crippen molar-refractivity contribution in [3.8, 4) is 5.75 Å². The molecule has 1 rings (SSSR count). The zero-order valence-corrected chi connectivity index (χ0v) is 12.0. The number of carbonyl (C=O) groups is 1. The van der Waals surface area contributed by atoms with Crippen molar-refractivity contribution >= 4 is 5.91 Å². The first-order valence-corrected chi connectivity index (χ1v) is 6.75. The highest BCUT2D eigenvalue weighted by Gasteiger charge is 2.26. The van der Waals surface area contributed by atoms with Crippen molar-refractivity contribution in [1.29, 1.82) is 0 Å². The van der Waals surface area contributed by atoms with Crippen LogP contribution in [0.1, 0.15) is 32.3 Å². The van der Waals surface area contributed by atoms with Crippen molar-refractivity contribution in [3.05, 3.63) is 29.8 Å². The molecule has 0 atom stereocenters. The van der Waals surface area contributed by atoms with Crippen LogP contribution < -0.4 is 15.8 Å². The molecule has 4 nitrogen and oxygen atoms in total. The Balaban J connectivity index is 2.52. The molecule has 1 amide bonds. The highest BCUT2D eigenvalue weighted by atomic mass is 16.5. The van der Waals surface area contributed by atoms with Crippen molar-refractivity contribution in [2.45, 2.75) is 39.2 Å². The lowest BCUT2D eigenvalue weighted by atomic mass is 9.93. The molecule has 1 aromatic carbocycles. The summed E-state index contributed by atoms with van der Waals surface area (Å²) in [7, 11) is 0. The molecule has 3 N–H and O–H groups in total. The van der Waals surface area contributed by atoms with E-state index in [0.717, 1.165) is 18.4 Å². The van der Waals surface area contributed by atoms with Gasteiger partial charge in [-0.05, 0) is 37.5 Å². The molecule has 0 unspecified atom stereocenters. The van der Waals surface area contributed by atoms with Gasteiger partial charge in [-0.1, -0.05) is 26.0 Å². The minimum Gasteiger partial charge on any atom is -0.484 e. The van der Waals surface area contributed by atoms with Gasteiger partial charge in [0.15, 0.2) is 6.61 Å². The number of aryl methyl sites for hydroxylation is 1. The van der Waals surface area contributed by atoms with Gasteiger partial charge in [0, 0.05) is 6.54 Å². The van der Waals surface area contributed by atoms with Crippen LogP contribution in [0, 0.1) is 6.92 Å². The summed E-state index contributed by atoms with van der Waals surface area (Å²) in [4.78, 5) is 11.9. The minimum atomic E-state index is -0.312. The molecule has 4 heteroatoms. The predicted molar refractivity (Wildman–Crippen MR) is 77.2 cm³/mol. The Morgan fingerprint density at radius 3 is 2.58 bits per heavy atom. The molecular formula is C15H24N2O2. The van der Waals surface area contributed by atoms with Gasteiger partial charge in [0.1, 0.15) is 5.75 Å². The Morgan fingerprint density at radius 2 is 2.05 bits per heavy atom. The quantitative estimate of drug-likeness (QED) is 0.791. The van der Waals surface area contributed by atoms with Crippen LogP contribution >= 0.6 is 0 Å². The summed E-state index contributed by atoms with van der Waals surface area (Å²) < 4.78 is 5.48. The lowest BCUT2D eigenvalue weighted by molar-refractivity contribution is -0.125. The molecule has 0 heterocycles. The summed E-state index contributed by atoms with van der Waals surface area (Å²) in [5.74, 6) is 0.581. The number of hydrogen-bond acceptors (Lipinski definition) is 3. The third kappa shape index (κ3) is 4.56. The maximum Gasteiger partial charge on any atom is 0.258 e. The van der Waals surface area contributed by atoms with Gasteiger partial charge in [-0.3, -0.25) is 4.79 Å². The van der Waals surface area contributed by atoms with E-state index >= 15 is 0 Å². The first-order valence-electron chi connectivity index (χ1n) is 6.75. The Bertz CT molecular complexity index is 406. The van der Waals surface area contributed by atoms with Crippen LogP contribution in [0.3, 0.4) is 0 Å². The van der Waals surface area contributed by atoms with Crippen molar-refractivity contribution in [1.82, 2.24) is 5.32 Å². The number of nitrogens with one attached hydrogen (secondary N) is 1. The van der Waals surface area contributed by atoms with E-state index in [2.05, 4.69) is 5.32 Å². The SMILES string of the molecule is CCC(CC)(CN)NC(=O)COc1cccc(C)c1. The van der Waals surface area contributed by atoms with Gasteiger partial charge in [-0.25, -0.2) is 0 Å². The summed E-state index contributed by atoms with van der Waals surface area (Å²) in [6.07, 6.45) is 1.63. The maximum atomic E-state index is 11.9. The van der Waals surface area contributed by atoms with E-state index in [-0.39, 0.29) is 18.1 Å². The van der Waals surface area contributed by atoms with E-state index in [1.165, 1.54) is 0 Å². The van der Waals surface area contributed by atoms with Crippen LogP contribution in [0.25, 0.3) is 0 Å². The van der Waals surface area contributed by atoms with Gasteiger partial charge in [-0.15, -0.1) is 0 Å². The number of carbonyl (C=O) groups excluding carboxylic acids is 1. The Hall–Kier alpha value is -1.55. The molecular weight excluding hydrogens is 240 g/mol. The van der Waals surface area contributed by atoms with Crippen molar-refractivity contribution in [2.24, 2.45) is 5.73 Å². The van der Waals surface area contributed by atoms with Crippen LogP contribution in [-0.2, 0) is 4.79 Å². The predicted octanol–water partition coefficient (Wildman–Crippen LogP) is 2.01. The van der Waals surface area contributed by atoms with Crippen LogP contribution in [0.2, 0.25) is 0 Å². The largest absolute Gasteiger partial charge is 0.484 e. The fraction of sp³-hybridized carbons (Fsp3) is 0.533. The highest BCUT2D eigenvalue weighted by molar-refractivity contribution is 5.78. The van der Waals surface area contributed by atoms with E-state index in [0.29, 0.717) is 12.3 Å². The number of hydrogen-bond donors (Lipinski definition) is 2. The third-order valence-electron chi connectivity index (χ3n) is 3.51. The molecule has 0 aliphatic carbocycles. The number of ether oxygens (including phenoxy) is 1. The molecule has 19 heavy (non-hydrogen) atoms. The van der Waals surface area contributed by atoms with E-state index < -0.39 is 0 Å². The standard InChI is InChI=1S/C15H24N2O2/c1-4-15(5-2,11-16)17-14(18)10-19-13-8-6-7-12(3)9-13/h6-9H,4-5,10-11,16H2,1-3H3,(H,17,18). The first kappa shape index (κ1) is 15.5. The number of benzene rings is 1. The average molecular weight is 264 g/mol. The molecule has 1 aromatic rings. The number of amides is 1. The molecule has 0 bridgehead atoms. The molecule has 0 spiro atoms. The molecule has 0 aliphatic heterocycles. The summed E-state index contributed by atoms with van der Waals surface area (Å²) in [5, 5.41) is 2.98. The summed E-state index contributed by atoms with van der Waals surface area (Å²) >= 11 is 0. The lowest BCUT2D eigenvalue weighted by Crippen LogP contribution is -2.54. The van der Waals surface area contributed by atoms with Gasteiger partial charge in [0.25, 0.3) is 5.91 Å². The van der Waals surface area contributed by atoms with Crippen LogP contribution in [0.15, 0.2) is 24.3 Å².